The number of benzene rings is 2. The molecule has 136 valence electrons. The second-order valence-corrected chi connectivity index (χ2v) is 6.39. The molecular formula is C20H20FNO4. The van der Waals surface area contributed by atoms with Gasteiger partial charge < -0.3 is 19.5 Å². The van der Waals surface area contributed by atoms with Gasteiger partial charge in [0.25, 0.3) is 5.91 Å². The molecule has 1 atom stereocenters. The van der Waals surface area contributed by atoms with E-state index >= 15 is 0 Å². The van der Waals surface area contributed by atoms with Crippen molar-refractivity contribution >= 4 is 5.91 Å². The number of amides is 1. The predicted molar refractivity (Wildman–Crippen MR) is 93.4 cm³/mol. The van der Waals surface area contributed by atoms with Gasteiger partial charge in [0.05, 0.1) is 25.9 Å². The van der Waals surface area contributed by atoms with Gasteiger partial charge in [-0.1, -0.05) is 12.1 Å². The van der Waals surface area contributed by atoms with Crippen LogP contribution in [0.25, 0.3) is 0 Å². The Hall–Kier alpha value is -2.76. The topological polar surface area (TPSA) is 56.8 Å². The first-order valence-electron chi connectivity index (χ1n) is 8.84. The van der Waals surface area contributed by atoms with E-state index in [1.165, 1.54) is 6.07 Å². The number of rotatable bonds is 2. The van der Waals surface area contributed by atoms with Gasteiger partial charge in [0, 0.05) is 17.5 Å². The molecule has 4 rings (SSSR count). The van der Waals surface area contributed by atoms with Crippen LogP contribution >= 0.6 is 0 Å². The van der Waals surface area contributed by atoms with Crippen LogP contribution in [0.3, 0.4) is 0 Å². The largest absolute Gasteiger partial charge is 0.490 e. The molecule has 2 aliphatic rings. The maximum Gasteiger partial charge on any atom is 0.251 e. The third-order valence-electron chi connectivity index (χ3n) is 4.57. The van der Waals surface area contributed by atoms with Crippen molar-refractivity contribution in [2.75, 3.05) is 19.8 Å². The Bertz CT molecular complexity index is 823. The molecule has 0 fully saturated rings. The maximum absolute atomic E-state index is 14.0. The zero-order chi connectivity index (χ0) is 17.9. The number of fused-ring (bicyclic) bond motifs is 2. The van der Waals surface area contributed by atoms with E-state index in [1.54, 1.807) is 30.3 Å². The molecule has 0 saturated heterocycles. The summed E-state index contributed by atoms with van der Waals surface area (Å²) in [5.41, 5.74) is 1.16. The molecule has 2 heterocycles. The number of nitrogens with one attached hydrogen (secondary N) is 1. The molecule has 0 aliphatic carbocycles. The predicted octanol–water partition coefficient (Wildman–Crippen LogP) is 3.63. The van der Waals surface area contributed by atoms with E-state index in [4.69, 9.17) is 14.2 Å². The fourth-order valence-corrected chi connectivity index (χ4v) is 3.27. The second kappa shape index (κ2) is 7.23. The molecule has 1 amide bonds. The lowest BCUT2D eigenvalue weighted by Gasteiger charge is -2.19. The summed E-state index contributed by atoms with van der Waals surface area (Å²) in [6, 6.07) is 9.65. The van der Waals surface area contributed by atoms with Crippen molar-refractivity contribution in [1.82, 2.24) is 5.32 Å². The fourth-order valence-electron chi connectivity index (χ4n) is 3.27. The summed E-state index contributed by atoms with van der Waals surface area (Å²) < 4.78 is 30.8. The van der Waals surface area contributed by atoms with E-state index in [1.807, 2.05) is 0 Å². The monoisotopic (exact) mass is 357 g/mol. The molecule has 2 aromatic rings. The summed E-state index contributed by atoms with van der Waals surface area (Å²) in [5.74, 6) is 0.816. The van der Waals surface area contributed by atoms with Crippen molar-refractivity contribution in [3.63, 3.8) is 0 Å². The van der Waals surface area contributed by atoms with Crippen molar-refractivity contribution in [2.45, 2.75) is 25.3 Å². The molecule has 1 unspecified atom stereocenters. The molecular weight excluding hydrogens is 337 g/mol. The molecule has 26 heavy (non-hydrogen) atoms. The normalized spacial score (nSPS) is 18.7. The van der Waals surface area contributed by atoms with Crippen LogP contribution in [0.5, 0.6) is 17.2 Å². The molecule has 2 aliphatic heterocycles. The molecule has 0 radical (unpaired) electrons. The average Bonchev–Trinajstić information content (AvgIpc) is 3.00. The van der Waals surface area contributed by atoms with Crippen LogP contribution in [-0.4, -0.2) is 25.7 Å². The number of hydrogen-bond donors (Lipinski definition) is 1. The van der Waals surface area contributed by atoms with Crippen LogP contribution in [0.1, 0.15) is 41.2 Å². The molecule has 6 heteroatoms. The van der Waals surface area contributed by atoms with E-state index in [0.717, 1.165) is 12.8 Å². The van der Waals surface area contributed by atoms with Crippen molar-refractivity contribution < 1.29 is 23.4 Å². The first-order valence-corrected chi connectivity index (χ1v) is 8.84. The van der Waals surface area contributed by atoms with Gasteiger partial charge in [-0.15, -0.1) is 0 Å². The Labute approximate surface area is 151 Å². The van der Waals surface area contributed by atoms with Crippen LogP contribution in [0.2, 0.25) is 0 Å². The van der Waals surface area contributed by atoms with Crippen LogP contribution in [0.15, 0.2) is 36.4 Å². The molecule has 0 spiro atoms. The summed E-state index contributed by atoms with van der Waals surface area (Å²) >= 11 is 0. The highest BCUT2D eigenvalue weighted by Crippen LogP contribution is 2.34. The van der Waals surface area contributed by atoms with E-state index in [9.17, 15) is 9.18 Å². The number of para-hydroxylation sites is 1. The van der Waals surface area contributed by atoms with E-state index in [2.05, 4.69) is 5.32 Å². The second-order valence-electron chi connectivity index (χ2n) is 6.39. The Morgan fingerprint density at radius 1 is 1.00 bits per heavy atom. The van der Waals surface area contributed by atoms with Crippen molar-refractivity contribution in [3.8, 4) is 17.2 Å². The number of hydrogen-bond acceptors (Lipinski definition) is 4. The van der Waals surface area contributed by atoms with E-state index < -0.39 is 5.82 Å². The van der Waals surface area contributed by atoms with Gasteiger partial charge in [0.2, 0.25) is 0 Å². The lowest BCUT2D eigenvalue weighted by molar-refractivity contribution is 0.0934. The third-order valence-corrected chi connectivity index (χ3v) is 4.57. The SMILES string of the molecule is O=C(NC1CCCOc2c(F)cccc21)c1ccc2c(c1)OCCCO2. The standard InChI is InChI=1S/C20H20FNO4/c21-15-5-1-4-14-16(6-2-9-26-19(14)15)22-20(23)13-7-8-17-18(12-13)25-11-3-10-24-17/h1,4-5,7-8,12,16H,2-3,6,9-11H2,(H,22,23). The van der Waals surface area contributed by atoms with Crippen LogP contribution in [0.4, 0.5) is 4.39 Å². The first-order chi connectivity index (χ1) is 12.7. The van der Waals surface area contributed by atoms with Crippen LogP contribution in [0, 0.1) is 5.82 Å². The zero-order valence-electron chi connectivity index (χ0n) is 14.3. The minimum atomic E-state index is -0.403. The van der Waals surface area contributed by atoms with Gasteiger partial charge in [0.1, 0.15) is 0 Å². The summed E-state index contributed by atoms with van der Waals surface area (Å²) in [7, 11) is 0. The van der Waals surface area contributed by atoms with Gasteiger partial charge in [-0.25, -0.2) is 4.39 Å². The lowest BCUT2D eigenvalue weighted by atomic mass is 10.0. The summed E-state index contributed by atoms with van der Waals surface area (Å²) in [5, 5.41) is 3.00. The highest BCUT2D eigenvalue weighted by molar-refractivity contribution is 5.95. The quantitative estimate of drug-likeness (QED) is 0.892. The Balaban J connectivity index is 1.57. The highest BCUT2D eigenvalue weighted by atomic mass is 19.1. The third kappa shape index (κ3) is 3.31. The Morgan fingerprint density at radius 2 is 1.81 bits per heavy atom. The van der Waals surface area contributed by atoms with Crippen molar-refractivity contribution in [2.24, 2.45) is 0 Å². The summed E-state index contributed by atoms with van der Waals surface area (Å²) in [4.78, 5) is 12.7. The molecule has 0 bridgehead atoms. The Kier molecular flexibility index (Phi) is 4.65. The Morgan fingerprint density at radius 3 is 2.69 bits per heavy atom. The number of carbonyl (C=O) groups excluding carboxylic acids is 1. The number of halogens is 1. The summed E-state index contributed by atoms with van der Waals surface area (Å²) in [6.07, 6.45) is 2.23. The molecule has 5 nitrogen and oxygen atoms in total. The van der Waals surface area contributed by atoms with Gasteiger partial charge in [-0.05, 0) is 37.1 Å². The fraction of sp³-hybridized carbons (Fsp3) is 0.350. The van der Waals surface area contributed by atoms with Gasteiger partial charge in [-0.3, -0.25) is 4.79 Å². The van der Waals surface area contributed by atoms with Crippen molar-refractivity contribution in [3.05, 3.63) is 53.3 Å². The highest BCUT2D eigenvalue weighted by Gasteiger charge is 2.24. The average molecular weight is 357 g/mol. The first kappa shape index (κ1) is 16.7. The van der Waals surface area contributed by atoms with Crippen molar-refractivity contribution in [1.29, 1.82) is 0 Å². The van der Waals surface area contributed by atoms with Gasteiger partial charge >= 0.3 is 0 Å². The number of ether oxygens (including phenoxy) is 3. The molecule has 2 aromatic carbocycles. The van der Waals surface area contributed by atoms with Gasteiger partial charge in [0.15, 0.2) is 23.1 Å². The smallest absolute Gasteiger partial charge is 0.251 e. The molecule has 0 saturated carbocycles. The van der Waals surface area contributed by atoms with Crippen LogP contribution in [-0.2, 0) is 0 Å². The van der Waals surface area contributed by atoms with Crippen LogP contribution < -0.4 is 19.5 Å². The number of carbonyl (C=O) groups is 1. The molecule has 1 N–H and O–H groups in total. The zero-order valence-corrected chi connectivity index (χ0v) is 14.3. The van der Waals surface area contributed by atoms with E-state index in [-0.39, 0.29) is 17.7 Å². The minimum Gasteiger partial charge on any atom is -0.490 e. The molecule has 0 aromatic heterocycles. The van der Waals surface area contributed by atoms with E-state index in [0.29, 0.717) is 48.9 Å². The summed E-state index contributed by atoms with van der Waals surface area (Å²) in [6.45, 7) is 1.60. The minimum absolute atomic E-state index is 0.231. The van der Waals surface area contributed by atoms with Gasteiger partial charge in [-0.2, -0.15) is 0 Å². The lowest BCUT2D eigenvalue weighted by Crippen LogP contribution is -2.28. The maximum atomic E-state index is 14.0.